The fourth-order valence-corrected chi connectivity index (χ4v) is 2.20. The lowest BCUT2D eigenvalue weighted by molar-refractivity contribution is -0.135. The van der Waals surface area contributed by atoms with Gasteiger partial charge in [-0.05, 0) is 32.9 Å². The van der Waals surface area contributed by atoms with Crippen LogP contribution in [0.15, 0.2) is 35.5 Å². The average Bonchev–Trinajstić information content (AvgIpc) is 2.78. The third kappa shape index (κ3) is 2.79. The van der Waals surface area contributed by atoms with E-state index >= 15 is 0 Å². The Labute approximate surface area is 122 Å². The predicted molar refractivity (Wildman–Crippen MR) is 78.0 cm³/mol. The van der Waals surface area contributed by atoms with Crippen LogP contribution >= 0.6 is 0 Å². The molecule has 0 aliphatic rings. The first-order chi connectivity index (χ1) is 10.1. The molecule has 6 heteroatoms. The van der Waals surface area contributed by atoms with E-state index in [1.807, 2.05) is 37.3 Å². The van der Waals surface area contributed by atoms with Gasteiger partial charge < -0.3 is 9.94 Å². The number of ether oxygens (including phenoxy) is 1. The predicted octanol–water partition coefficient (Wildman–Crippen LogP) is 2.23. The summed E-state index contributed by atoms with van der Waals surface area (Å²) in [5, 5.41) is 16.7. The molecule has 6 nitrogen and oxygen atoms in total. The van der Waals surface area contributed by atoms with Gasteiger partial charge in [0.2, 0.25) is 0 Å². The van der Waals surface area contributed by atoms with Gasteiger partial charge in [-0.15, -0.1) is 0 Å². The molecule has 0 aliphatic heterocycles. The summed E-state index contributed by atoms with van der Waals surface area (Å²) in [6.45, 7) is 5.47. The SMILES string of the molecule is CCOC(=O)C(=NO)c1c(C)nn(-c2ccccc2)c1C. The molecule has 1 heterocycles. The molecule has 21 heavy (non-hydrogen) atoms. The molecule has 2 rings (SSSR count). The van der Waals surface area contributed by atoms with Crippen LogP contribution in [0.2, 0.25) is 0 Å². The first-order valence-electron chi connectivity index (χ1n) is 6.61. The minimum atomic E-state index is -0.668. The summed E-state index contributed by atoms with van der Waals surface area (Å²) < 4.78 is 6.61. The molecule has 0 radical (unpaired) electrons. The van der Waals surface area contributed by atoms with Gasteiger partial charge in [0.1, 0.15) is 0 Å². The Kier molecular flexibility index (Phi) is 4.37. The molecular weight excluding hydrogens is 270 g/mol. The lowest BCUT2D eigenvalue weighted by Crippen LogP contribution is -2.20. The molecule has 0 aliphatic carbocycles. The number of carbonyl (C=O) groups excluding carboxylic acids is 1. The maximum absolute atomic E-state index is 11.9. The van der Waals surface area contributed by atoms with E-state index in [-0.39, 0.29) is 12.3 Å². The van der Waals surface area contributed by atoms with E-state index in [2.05, 4.69) is 10.3 Å². The van der Waals surface area contributed by atoms with Crippen molar-refractivity contribution in [3.05, 3.63) is 47.3 Å². The van der Waals surface area contributed by atoms with E-state index in [9.17, 15) is 4.79 Å². The van der Waals surface area contributed by atoms with Crippen LogP contribution in [0.3, 0.4) is 0 Å². The summed E-state index contributed by atoms with van der Waals surface area (Å²) in [6, 6.07) is 9.53. The van der Waals surface area contributed by atoms with Gasteiger partial charge >= 0.3 is 5.97 Å². The fourth-order valence-electron chi connectivity index (χ4n) is 2.20. The number of hydrogen-bond acceptors (Lipinski definition) is 5. The number of para-hydroxylation sites is 1. The molecule has 0 saturated carbocycles. The van der Waals surface area contributed by atoms with E-state index in [0.29, 0.717) is 17.0 Å². The highest BCUT2D eigenvalue weighted by atomic mass is 16.5. The molecule has 1 aromatic heterocycles. The quantitative estimate of drug-likeness (QED) is 0.405. The fraction of sp³-hybridized carbons (Fsp3) is 0.267. The van der Waals surface area contributed by atoms with Crippen molar-refractivity contribution in [3.8, 4) is 5.69 Å². The normalized spacial score (nSPS) is 11.5. The van der Waals surface area contributed by atoms with Crippen molar-refractivity contribution >= 4 is 11.7 Å². The third-order valence-electron chi connectivity index (χ3n) is 3.10. The van der Waals surface area contributed by atoms with Crippen molar-refractivity contribution in [2.24, 2.45) is 5.16 Å². The number of esters is 1. The highest BCUT2D eigenvalue weighted by molar-refractivity contribution is 6.43. The Bertz CT molecular complexity index is 675. The molecule has 0 spiro atoms. The van der Waals surface area contributed by atoms with Crippen LogP contribution in [0.1, 0.15) is 23.9 Å². The van der Waals surface area contributed by atoms with Gasteiger partial charge in [0.15, 0.2) is 5.71 Å². The minimum Gasteiger partial charge on any atom is -0.461 e. The summed E-state index contributed by atoms with van der Waals surface area (Å²) >= 11 is 0. The van der Waals surface area contributed by atoms with Gasteiger partial charge in [0.05, 0.1) is 29.2 Å². The van der Waals surface area contributed by atoms with Crippen molar-refractivity contribution < 1.29 is 14.7 Å². The Morgan fingerprint density at radius 3 is 2.57 bits per heavy atom. The van der Waals surface area contributed by atoms with Crippen molar-refractivity contribution in [2.45, 2.75) is 20.8 Å². The van der Waals surface area contributed by atoms with Crippen LogP contribution < -0.4 is 0 Å². The standard InChI is InChI=1S/C15H17N3O3/c1-4-21-15(19)14(17-20)13-10(2)16-18(11(13)3)12-8-6-5-7-9-12/h5-9,20H,4H2,1-3H3. The van der Waals surface area contributed by atoms with Gasteiger partial charge in [-0.25, -0.2) is 9.48 Å². The monoisotopic (exact) mass is 287 g/mol. The zero-order valence-corrected chi connectivity index (χ0v) is 12.2. The molecule has 0 unspecified atom stereocenters. The Morgan fingerprint density at radius 1 is 1.33 bits per heavy atom. The van der Waals surface area contributed by atoms with Gasteiger partial charge in [-0.2, -0.15) is 5.10 Å². The van der Waals surface area contributed by atoms with E-state index in [1.54, 1.807) is 18.5 Å². The van der Waals surface area contributed by atoms with E-state index < -0.39 is 5.97 Å². The highest BCUT2D eigenvalue weighted by Gasteiger charge is 2.24. The van der Waals surface area contributed by atoms with Gasteiger partial charge in [0, 0.05) is 0 Å². The maximum Gasteiger partial charge on any atom is 0.361 e. The minimum absolute atomic E-state index is 0.131. The van der Waals surface area contributed by atoms with E-state index in [1.165, 1.54) is 0 Å². The summed E-state index contributed by atoms with van der Waals surface area (Å²) in [5.74, 6) is -0.668. The van der Waals surface area contributed by atoms with Crippen molar-refractivity contribution in [1.82, 2.24) is 9.78 Å². The third-order valence-corrected chi connectivity index (χ3v) is 3.10. The van der Waals surface area contributed by atoms with Gasteiger partial charge in [0.25, 0.3) is 0 Å². The second kappa shape index (κ2) is 6.21. The number of benzene rings is 1. The average molecular weight is 287 g/mol. The zero-order valence-electron chi connectivity index (χ0n) is 12.2. The molecule has 1 N–H and O–H groups in total. The molecule has 2 aromatic rings. The Morgan fingerprint density at radius 2 is 2.00 bits per heavy atom. The largest absolute Gasteiger partial charge is 0.461 e. The lowest BCUT2D eigenvalue weighted by atomic mass is 10.1. The summed E-state index contributed by atoms with van der Waals surface area (Å²) in [5.41, 5.74) is 2.52. The number of carbonyl (C=O) groups is 1. The molecule has 0 fully saturated rings. The number of nitrogens with zero attached hydrogens (tertiary/aromatic N) is 3. The first-order valence-corrected chi connectivity index (χ1v) is 6.61. The number of aryl methyl sites for hydroxylation is 1. The molecule has 0 atom stereocenters. The summed E-state index contributed by atoms with van der Waals surface area (Å²) in [6.07, 6.45) is 0. The number of oxime groups is 1. The lowest BCUT2D eigenvalue weighted by Gasteiger charge is -2.06. The second-order valence-corrected chi connectivity index (χ2v) is 4.46. The highest BCUT2D eigenvalue weighted by Crippen LogP contribution is 2.19. The van der Waals surface area contributed by atoms with Crippen LogP contribution in [0.25, 0.3) is 5.69 Å². The van der Waals surface area contributed by atoms with Crippen LogP contribution in [-0.2, 0) is 9.53 Å². The number of rotatable bonds is 4. The van der Waals surface area contributed by atoms with Crippen molar-refractivity contribution in [1.29, 1.82) is 0 Å². The molecule has 110 valence electrons. The van der Waals surface area contributed by atoms with Gasteiger partial charge in [-0.3, -0.25) is 0 Å². The van der Waals surface area contributed by atoms with Crippen LogP contribution in [0.5, 0.6) is 0 Å². The van der Waals surface area contributed by atoms with Crippen LogP contribution in [0, 0.1) is 13.8 Å². The number of hydrogen-bond donors (Lipinski definition) is 1. The maximum atomic E-state index is 11.9. The van der Waals surface area contributed by atoms with E-state index in [4.69, 9.17) is 9.94 Å². The topological polar surface area (TPSA) is 76.7 Å². The number of aromatic nitrogens is 2. The molecule has 0 bridgehead atoms. The molecule has 0 amide bonds. The molecule has 1 aromatic carbocycles. The Balaban J connectivity index is 2.52. The van der Waals surface area contributed by atoms with Crippen molar-refractivity contribution in [3.63, 3.8) is 0 Å². The second-order valence-electron chi connectivity index (χ2n) is 4.46. The van der Waals surface area contributed by atoms with Crippen LogP contribution in [0.4, 0.5) is 0 Å². The molecular formula is C15H17N3O3. The van der Waals surface area contributed by atoms with Crippen molar-refractivity contribution in [2.75, 3.05) is 6.61 Å². The molecule has 0 saturated heterocycles. The summed E-state index contributed by atoms with van der Waals surface area (Å²) in [7, 11) is 0. The van der Waals surface area contributed by atoms with Crippen LogP contribution in [-0.4, -0.2) is 33.3 Å². The zero-order chi connectivity index (χ0) is 15.4. The summed E-state index contributed by atoms with van der Waals surface area (Å²) in [4.78, 5) is 11.9. The first kappa shape index (κ1) is 14.8. The smallest absolute Gasteiger partial charge is 0.361 e. The van der Waals surface area contributed by atoms with Gasteiger partial charge in [-0.1, -0.05) is 23.4 Å². The Hall–Kier alpha value is -2.63. The van der Waals surface area contributed by atoms with E-state index in [0.717, 1.165) is 5.69 Å².